The number of aromatic nitrogens is 3. The maximum atomic E-state index is 13.3. The monoisotopic (exact) mass is 409 g/mol. The molecule has 156 valence electrons. The maximum Gasteiger partial charge on any atom is 0.408 e. The molecular formula is C18H21F2N5O4. The summed E-state index contributed by atoms with van der Waals surface area (Å²) in [4.78, 5) is 26.6. The summed E-state index contributed by atoms with van der Waals surface area (Å²) < 4.78 is 32.0. The lowest BCUT2D eigenvalue weighted by molar-refractivity contribution is -0.384. The van der Waals surface area contributed by atoms with Gasteiger partial charge in [0, 0.05) is 18.0 Å². The molecule has 29 heavy (non-hydrogen) atoms. The van der Waals surface area contributed by atoms with E-state index in [2.05, 4.69) is 22.0 Å². The van der Waals surface area contributed by atoms with E-state index < -0.39 is 34.9 Å². The molecular weight excluding hydrogens is 388 g/mol. The zero-order chi connectivity index (χ0) is 21.8. The van der Waals surface area contributed by atoms with Crippen molar-refractivity contribution in [1.82, 2.24) is 20.1 Å². The van der Waals surface area contributed by atoms with Gasteiger partial charge in [-0.3, -0.25) is 15.1 Å². The van der Waals surface area contributed by atoms with E-state index in [4.69, 9.17) is 4.74 Å². The highest BCUT2D eigenvalue weighted by Crippen LogP contribution is 2.33. The van der Waals surface area contributed by atoms with E-state index in [1.54, 1.807) is 26.8 Å². The second-order valence-electron chi connectivity index (χ2n) is 7.09. The molecule has 1 amide bonds. The smallest absolute Gasteiger partial charge is 0.408 e. The maximum absolute atomic E-state index is 13.3. The quantitative estimate of drug-likeness (QED) is 0.412. The number of amides is 1. The molecule has 0 aromatic carbocycles. The zero-order valence-electron chi connectivity index (χ0n) is 16.1. The van der Waals surface area contributed by atoms with Crippen molar-refractivity contribution in [3.63, 3.8) is 0 Å². The van der Waals surface area contributed by atoms with Crippen molar-refractivity contribution in [2.24, 2.45) is 0 Å². The summed E-state index contributed by atoms with van der Waals surface area (Å²) in [5.41, 5.74) is -1.18. The first-order chi connectivity index (χ1) is 13.5. The van der Waals surface area contributed by atoms with Gasteiger partial charge in [0.25, 0.3) is 0 Å². The highest BCUT2D eigenvalue weighted by molar-refractivity contribution is 5.71. The van der Waals surface area contributed by atoms with Crippen LogP contribution in [0.25, 0.3) is 11.3 Å². The standard InChI is InChI=1S/C18H21F2N5O4/c1-5-6-13(23-17(26)29-18(2,3)4)11-7-12(9-21-8-11)15-14(25(27)28)10-22-24(15)16(19)20/h5,7-10,13,16H,1,6H2,2-4H3,(H,23,26)/t13-/m0/s1. The Morgan fingerprint density at radius 3 is 2.66 bits per heavy atom. The van der Waals surface area contributed by atoms with Crippen molar-refractivity contribution in [1.29, 1.82) is 0 Å². The summed E-state index contributed by atoms with van der Waals surface area (Å²) in [5, 5.41) is 17.3. The van der Waals surface area contributed by atoms with Gasteiger partial charge in [-0.25, -0.2) is 4.79 Å². The van der Waals surface area contributed by atoms with Crippen molar-refractivity contribution in [3.05, 3.63) is 53.0 Å². The molecule has 0 aliphatic heterocycles. The fourth-order valence-corrected chi connectivity index (χ4v) is 2.59. The average molecular weight is 409 g/mol. The minimum Gasteiger partial charge on any atom is -0.444 e. The molecule has 0 aliphatic rings. The predicted octanol–water partition coefficient (Wildman–Crippen LogP) is 4.39. The molecule has 0 aliphatic carbocycles. The SMILES string of the molecule is C=CC[C@H](NC(=O)OC(C)(C)C)c1cncc(-c2c([N+](=O)[O-])cnn2C(F)F)c1. The van der Waals surface area contributed by atoms with Crippen LogP contribution in [0.1, 0.15) is 45.3 Å². The Morgan fingerprint density at radius 2 is 2.10 bits per heavy atom. The summed E-state index contributed by atoms with van der Waals surface area (Å²) in [6, 6.07) is 0.804. The van der Waals surface area contributed by atoms with E-state index in [9.17, 15) is 23.7 Å². The number of nitro groups is 1. The van der Waals surface area contributed by atoms with Crippen LogP contribution < -0.4 is 5.32 Å². The van der Waals surface area contributed by atoms with Crippen molar-refractivity contribution in [3.8, 4) is 11.3 Å². The first-order valence-corrected chi connectivity index (χ1v) is 8.59. The van der Waals surface area contributed by atoms with Gasteiger partial charge in [-0.2, -0.15) is 18.6 Å². The molecule has 2 aromatic rings. The van der Waals surface area contributed by atoms with Crippen LogP contribution in [-0.4, -0.2) is 31.4 Å². The third kappa shape index (κ3) is 5.56. The Kier molecular flexibility index (Phi) is 6.62. The van der Waals surface area contributed by atoms with Gasteiger partial charge < -0.3 is 10.1 Å². The van der Waals surface area contributed by atoms with Crippen LogP contribution in [0.15, 0.2) is 37.3 Å². The molecule has 0 bridgehead atoms. The van der Waals surface area contributed by atoms with E-state index >= 15 is 0 Å². The van der Waals surface area contributed by atoms with Crippen LogP contribution in [0, 0.1) is 10.1 Å². The molecule has 2 heterocycles. The van der Waals surface area contributed by atoms with E-state index in [0.717, 1.165) is 6.20 Å². The first-order valence-electron chi connectivity index (χ1n) is 8.59. The van der Waals surface area contributed by atoms with Crippen molar-refractivity contribution in [2.75, 3.05) is 0 Å². The fraction of sp³-hybridized carbons (Fsp3) is 0.389. The number of rotatable bonds is 7. The van der Waals surface area contributed by atoms with Crippen molar-refractivity contribution in [2.45, 2.75) is 45.4 Å². The molecule has 11 heteroatoms. The molecule has 0 saturated heterocycles. The van der Waals surface area contributed by atoms with Crippen molar-refractivity contribution < 1.29 is 23.2 Å². The van der Waals surface area contributed by atoms with Gasteiger partial charge in [0.05, 0.1) is 11.0 Å². The number of alkyl halides is 2. The van der Waals surface area contributed by atoms with E-state index in [1.165, 1.54) is 18.5 Å². The van der Waals surface area contributed by atoms with Crippen LogP contribution in [-0.2, 0) is 4.74 Å². The second-order valence-corrected chi connectivity index (χ2v) is 7.09. The number of nitrogens with one attached hydrogen (secondary N) is 1. The third-order valence-electron chi connectivity index (χ3n) is 3.69. The highest BCUT2D eigenvalue weighted by Gasteiger charge is 2.27. The number of pyridine rings is 1. The number of carbonyl (C=O) groups is 1. The molecule has 0 spiro atoms. The fourth-order valence-electron chi connectivity index (χ4n) is 2.59. The predicted molar refractivity (Wildman–Crippen MR) is 100 cm³/mol. The minimum atomic E-state index is -3.08. The van der Waals surface area contributed by atoms with Crippen molar-refractivity contribution >= 4 is 11.8 Å². The van der Waals surface area contributed by atoms with Gasteiger partial charge in [0.2, 0.25) is 0 Å². The van der Waals surface area contributed by atoms with Crippen LogP contribution in [0.2, 0.25) is 0 Å². The van der Waals surface area contributed by atoms with Crippen LogP contribution >= 0.6 is 0 Å². The Morgan fingerprint density at radius 1 is 1.41 bits per heavy atom. The molecule has 0 unspecified atom stereocenters. The Bertz CT molecular complexity index is 908. The lowest BCUT2D eigenvalue weighted by Crippen LogP contribution is -2.34. The lowest BCUT2D eigenvalue weighted by atomic mass is 10.0. The second kappa shape index (κ2) is 8.76. The number of halogens is 2. The minimum absolute atomic E-state index is 0.0621. The normalized spacial score (nSPS) is 12.5. The summed E-state index contributed by atoms with van der Waals surface area (Å²) in [6.07, 6.45) is 4.56. The number of ether oxygens (including phenoxy) is 1. The van der Waals surface area contributed by atoms with Gasteiger partial charge in [-0.1, -0.05) is 6.08 Å². The summed E-state index contributed by atoms with van der Waals surface area (Å²) >= 11 is 0. The summed E-state index contributed by atoms with van der Waals surface area (Å²) in [6.45, 7) is 5.69. The van der Waals surface area contributed by atoms with E-state index in [0.29, 0.717) is 12.0 Å². The first kappa shape index (κ1) is 21.9. The molecule has 2 rings (SSSR count). The Labute approximate surface area is 165 Å². The molecule has 1 atom stereocenters. The lowest BCUT2D eigenvalue weighted by Gasteiger charge is -2.23. The van der Waals surface area contributed by atoms with Crippen LogP contribution in [0.4, 0.5) is 19.3 Å². The largest absolute Gasteiger partial charge is 0.444 e. The van der Waals surface area contributed by atoms with Gasteiger partial charge in [-0.15, -0.1) is 6.58 Å². The summed E-state index contributed by atoms with van der Waals surface area (Å²) in [7, 11) is 0. The number of nitrogens with zero attached hydrogens (tertiary/aromatic N) is 4. The summed E-state index contributed by atoms with van der Waals surface area (Å²) in [5.74, 6) is 0. The Hall–Kier alpha value is -3.37. The molecule has 0 radical (unpaired) electrons. The number of hydrogen-bond donors (Lipinski definition) is 1. The molecule has 9 nitrogen and oxygen atoms in total. The van der Waals surface area contributed by atoms with Gasteiger partial charge in [0.1, 0.15) is 11.8 Å². The van der Waals surface area contributed by atoms with E-state index in [-0.39, 0.29) is 15.9 Å². The van der Waals surface area contributed by atoms with Gasteiger partial charge >= 0.3 is 18.3 Å². The molecule has 0 fully saturated rings. The topological polar surface area (TPSA) is 112 Å². The molecule has 0 saturated carbocycles. The average Bonchev–Trinajstić information content (AvgIpc) is 3.05. The van der Waals surface area contributed by atoms with Gasteiger partial charge in [-0.05, 0) is 38.8 Å². The zero-order valence-corrected chi connectivity index (χ0v) is 16.1. The third-order valence-corrected chi connectivity index (χ3v) is 3.69. The van der Waals surface area contributed by atoms with Crippen LogP contribution in [0.5, 0.6) is 0 Å². The number of hydrogen-bond acceptors (Lipinski definition) is 6. The van der Waals surface area contributed by atoms with Crippen LogP contribution in [0.3, 0.4) is 0 Å². The Balaban J connectivity index is 2.44. The number of carbonyl (C=O) groups excluding carboxylic acids is 1. The van der Waals surface area contributed by atoms with Gasteiger partial charge in [0.15, 0.2) is 5.69 Å². The highest BCUT2D eigenvalue weighted by atomic mass is 19.3. The number of alkyl carbamates (subject to hydrolysis) is 1. The molecule has 1 N–H and O–H groups in total. The molecule has 2 aromatic heterocycles. The van der Waals surface area contributed by atoms with E-state index in [1.807, 2.05) is 0 Å².